The van der Waals surface area contributed by atoms with Gasteiger partial charge in [-0.3, -0.25) is 14.8 Å². The fourth-order valence-corrected chi connectivity index (χ4v) is 4.17. The minimum atomic E-state index is 0.815. The Morgan fingerprint density at radius 3 is 2.43 bits per heavy atom. The molecule has 0 unspecified atom stereocenters. The van der Waals surface area contributed by atoms with Crippen LogP contribution < -0.4 is 0 Å². The molecule has 2 aliphatic rings. The van der Waals surface area contributed by atoms with Gasteiger partial charge in [0.15, 0.2) is 0 Å². The average Bonchev–Trinajstić information content (AvgIpc) is 2.48. The van der Waals surface area contributed by atoms with Crippen LogP contribution in [-0.2, 0) is 6.54 Å². The van der Waals surface area contributed by atoms with Crippen LogP contribution in [-0.4, -0.2) is 47.0 Å². The van der Waals surface area contributed by atoms with Gasteiger partial charge in [0, 0.05) is 45.0 Å². The molecule has 0 radical (unpaired) electrons. The van der Waals surface area contributed by atoms with E-state index >= 15 is 0 Å². The van der Waals surface area contributed by atoms with Crippen molar-refractivity contribution >= 4 is 0 Å². The Labute approximate surface area is 129 Å². The molecular formula is C18H29N3. The van der Waals surface area contributed by atoms with Crippen molar-refractivity contribution in [2.24, 2.45) is 11.8 Å². The van der Waals surface area contributed by atoms with Crippen molar-refractivity contribution in [3.8, 4) is 0 Å². The molecule has 0 aliphatic carbocycles. The molecule has 0 spiro atoms. The van der Waals surface area contributed by atoms with Crippen molar-refractivity contribution in [1.82, 2.24) is 14.8 Å². The number of piperidine rings is 2. The second-order valence-corrected chi connectivity index (χ2v) is 7.23. The van der Waals surface area contributed by atoms with Gasteiger partial charge >= 0.3 is 0 Å². The van der Waals surface area contributed by atoms with Gasteiger partial charge in [-0.2, -0.15) is 0 Å². The Balaban J connectivity index is 1.48. The predicted octanol–water partition coefficient (Wildman–Crippen LogP) is 3.02. The van der Waals surface area contributed by atoms with E-state index in [1.54, 1.807) is 0 Å². The lowest BCUT2D eigenvalue weighted by atomic mass is 9.89. The molecule has 0 saturated carbocycles. The maximum Gasteiger partial charge on any atom is 0.0543 e. The molecule has 0 bridgehead atoms. The monoisotopic (exact) mass is 287 g/mol. The molecule has 0 aromatic carbocycles. The molecule has 2 atom stereocenters. The maximum atomic E-state index is 4.45. The molecule has 2 aliphatic heterocycles. The Kier molecular flexibility index (Phi) is 4.91. The van der Waals surface area contributed by atoms with E-state index in [9.17, 15) is 0 Å². The first kappa shape index (κ1) is 15.0. The van der Waals surface area contributed by atoms with Crippen LogP contribution >= 0.6 is 0 Å². The molecule has 2 saturated heterocycles. The van der Waals surface area contributed by atoms with Gasteiger partial charge in [0.25, 0.3) is 0 Å². The van der Waals surface area contributed by atoms with Gasteiger partial charge in [0.05, 0.1) is 5.69 Å². The number of pyridine rings is 1. The largest absolute Gasteiger partial charge is 0.300 e. The van der Waals surface area contributed by atoms with E-state index in [1.807, 2.05) is 12.3 Å². The van der Waals surface area contributed by atoms with Gasteiger partial charge < -0.3 is 0 Å². The Hall–Kier alpha value is -0.930. The molecule has 3 heteroatoms. The van der Waals surface area contributed by atoms with Crippen LogP contribution in [0.1, 0.15) is 38.8 Å². The molecule has 0 amide bonds. The summed E-state index contributed by atoms with van der Waals surface area (Å²) in [6.45, 7) is 10.9. The minimum absolute atomic E-state index is 0.815. The summed E-state index contributed by atoms with van der Waals surface area (Å²) < 4.78 is 0. The van der Waals surface area contributed by atoms with Crippen molar-refractivity contribution in [3.63, 3.8) is 0 Å². The first-order chi connectivity index (χ1) is 10.2. The molecular weight excluding hydrogens is 258 g/mol. The van der Waals surface area contributed by atoms with E-state index in [0.29, 0.717) is 0 Å². The van der Waals surface area contributed by atoms with E-state index < -0.39 is 0 Å². The van der Waals surface area contributed by atoms with Crippen LogP contribution in [0.15, 0.2) is 24.4 Å². The van der Waals surface area contributed by atoms with Gasteiger partial charge in [-0.05, 0) is 43.2 Å². The molecule has 3 heterocycles. The summed E-state index contributed by atoms with van der Waals surface area (Å²) in [6, 6.07) is 7.04. The van der Waals surface area contributed by atoms with Gasteiger partial charge in [0.1, 0.15) is 0 Å². The zero-order valence-corrected chi connectivity index (χ0v) is 13.5. The highest BCUT2D eigenvalue weighted by Gasteiger charge is 2.29. The second kappa shape index (κ2) is 6.89. The summed E-state index contributed by atoms with van der Waals surface area (Å²) in [7, 11) is 0. The quantitative estimate of drug-likeness (QED) is 0.852. The normalized spacial score (nSPS) is 29.6. The predicted molar refractivity (Wildman–Crippen MR) is 87.1 cm³/mol. The van der Waals surface area contributed by atoms with E-state index in [-0.39, 0.29) is 0 Å². The lowest BCUT2D eigenvalue weighted by Gasteiger charge is -2.43. The second-order valence-electron chi connectivity index (χ2n) is 7.23. The van der Waals surface area contributed by atoms with E-state index in [2.05, 4.69) is 40.8 Å². The first-order valence-electron chi connectivity index (χ1n) is 8.57. The Bertz CT molecular complexity index is 415. The number of hydrogen-bond donors (Lipinski definition) is 0. The highest BCUT2D eigenvalue weighted by atomic mass is 15.2. The highest BCUT2D eigenvalue weighted by Crippen LogP contribution is 2.26. The van der Waals surface area contributed by atoms with E-state index in [1.165, 1.54) is 51.1 Å². The molecule has 0 N–H and O–H groups in total. The summed E-state index contributed by atoms with van der Waals surface area (Å²) in [5.74, 6) is 1.75. The maximum absolute atomic E-state index is 4.45. The number of aromatic nitrogens is 1. The van der Waals surface area contributed by atoms with Gasteiger partial charge in [-0.25, -0.2) is 0 Å². The van der Waals surface area contributed by atoms with Gasteiger partial charge in [-0.15, -0.1) is 0 Å². The van der Waals surface area contributed by atoms with Crippen molar-refractivity contribution in [3.05, 3.63) is 30.1 Å². The van der Waals surface area contributed by atoms with Crippen LogP contribution in [0.3, 0.4) is 0 Å². The lowest BCUT2D eigenvalue weighted by Crippen LogP contribution is -2.49. The third kappa shape index (κ3) is 4.04. The van der Waals surface area contributed by atoms with Crippen LogP contribution in [0.4, 0.5) is 0 Å². The van der Waals surface area contributed by atoms with Gasteiger partial charge in [0.2, 0.25) is 0 Å². The number of nitrogens with zero attached hydrogens (tertiary/aromatic N) is 3. The fourth-order valence-electron chi connectivity index (χ4n) is 4.17. The highest BCUT2D eigenvalue weighted by molar-refractivity contribution is 5.03. The van der Waals surface area contributed by atoms with E-state index in [0.717, 1.165) is 24.4 Å². The zero-order valence-electron chi connectivity index (χ0n) is 13.5. The van der Waals surface area contributed by atoms with Crippen molar-refractivity contribution < 1.29 is 0 Å². The molecule has 2 fully saturated rings. The van der Waals surface area contributed by atoms with Crippen LogP contribution in [0.2, 0.25) is 0 Å². The number of likely N-dealkylation sites (tertiary alicyclic amines) is 2. The summed E-state index contributed by atoms with van der Waals surface area (Å²) in [5, 5.41) is 0. The molecule has 1 aromatic rings. The first-order valence-corrected chi connectivity index (χ1v) is 8.57. The van der Waals surface area contributed by atoms with Gasteiger partial charge in [-0.1, -0.05) is 19.9 Å². The third-order valence-corrected chi connectivity index (χ3v) is 5.08. The molecule has 3 nitrogen and oxygen atoms in total. The van der Waals surface area contributed by atoms with Crippen molar-refractivity contribution in [2.45, 2.75) is 45.7 Å². The summed E-state index contributed by atoms with van der Waals surface area (Å²) in [6.07, 6.45) is 5.96. The van der Waals surface area contributed by atoms with Crippen molar-refractivity contribution in [1.29, 1.82) is 0 Å². The zero-order chi connectivity index (χ0) is 14.7. The average molecular weight is 287 g/mol. The summed E-state index contributed by atoms with van der Waals surface area (Å²) >= 11 is 0. The Morgan fingerprint density at radius 2 is 1.81 bits per heavy atom. The SMILES string of the molecule is C[C@H]1C[C@H](C)CN(C2CCN(Cc3ccccn3)CC2)C1. The summed E-state index contributed by atoms with van der Waals surface area (Å²) in [4.78, 5) is 9.79. The lowest BCUT2D eigenvalue weighted by molar-refractivity contribution is 0.0527. The molecule has 3 rings (SSSR count). The van der Waals surface area contributed by atoms with Crippen molar-refractivity contribution in [2.75, 3.05) is 26.2 Å². The number of hydrogen-bond acceptors (Lipinski definition) is 3. The smallest absolute Gasteiger partial charge is 0.0543 e. The summed E-state index contributed by atoms with van der Waals surface area (Å²) in [5.41, 5.74) is 1.20. The standard InChI is InChI=1S/C18H29N3/c1-15-11-16(2)13-21(12-15)18-6-9-20(10-7-18)14-17-5-3-4-8-19-17/h3-5,8,15-16,18H,6-7,9-14H2,1-2H3/t15-,16-/m0/s1. The van der Waals surface area contributed by atoms with Crippen LogP contribution in [0.25, 0.3) is 0 Å². The molecule has 116 valence electrons. The van der Waals surface area contributed by atoms with Crippen LogP contribution in [0, 0.1) is 11.8 Å². The van der Waals surface area contributed by atoms with Crippen LogP contribution in [0.5, 0.6) is 0 Å². The molecule has 1 aromatic heterocycles. The fraction of sp³-hybridized carbons (Fsp3) is 0.722. The minimum Gasteiger partial charge on any atom is -0.300 e. The third-order valence-electron chi connectivity index (χ3n) is 5.08. The van der Waals surface area contributed by atoms with E-state index in [4.69, 9.17) is 0 Å². The molecule has 21 heavy (non-hydrogen) atoms. The number of rotatable bonds is 3. The Morgan fingerprint density at radius 1 is 1.10 bits per heavy atom. The topological polar surface area (TPSA) is 19.4 Å².